The van der Waals surface area contributed by atoms with Gasteiger partial charge >= 0.3 is 0 Å². The summed E-state index contributed by atoms with van der Waals surface area (Å²) in [5.74, 6) is 8.57. The van der Waals surface area contributed by atoms with Gasteiger partial charge < -0.3 is 9.80 Å². The molecule has 0 bridgehead atoms. The average molecular weight is 295 g/mol. The highest BCUT2D eigenvalue weighted by Crippen LogP contribution is 2.07. The van der Waals surface area contributed by atoms with Crippen LogP contribution in [0.15, 0.2) is 0 Å². The summed E-state index contributed by atoms with van der Waals surface area (Å²) < 4.78 is 0. The first kappa shape index (κ1) is 20.5. The van der Waals surface area contributed by atoms with Gasteiger partial charge in [0, 0.05) is 32.0 Å². The van der Waals surface area contributed by atoms with Gasteiger partial charge in [-0.25, -0.2) is 0 Å². The third-order valence-electron chi connectivity index (χ3n) is 3.63. The molecule has 0 fully saturated rings. The molecule has 1 unspecified atom stereocenters. The molecule has 0 aromatic heterocycles. The van der Waals surface area contributed by atoms with E-state index in [1.54, 1.807) is 0 Å². The van der Waals surface area contributed by atoms with Gasteiger partial charge in [0.05, 0.1) is 0 Å². The Morgan fingerprint density at radius 1 is 0.952 bits per heavy atom. The maximum atomic E-state index is 3.29. The lowest BCUT2D eigenvalue weighted by Gasteiger charge is -2.25. The molecule has 0 heterocycles. The van der Waals surface area contributed by atoms with Crippen LogP contribution in [0, 0.1) is 29.6 Å². The van der Waals surface area contributed by atoms with Crippen molar-refractivity contribution in [2.75, 3.05) is 39.8 Å². The van der Waals surface area contributed by atoms with E-state index in [1.807, 2.05) is 0 Å². The van der Waals surface area contributed by atoms with Gasteiger partial charge in [0.25, 0.3) is 0 Å². The van der Waals surface area contributed by atoms with Gasteiger partial charge in [-0.3, -0.25) is 0 Å². The largest absolute Gasteiger partial charge is 0.306 e. The van der Waals surface area contributed by atoms with Gasteiger partial charge in [0.2, 0.25) is 0 Å². The lowest BCUT2D eigenvalue weighted by Crippen LogP contribution is -2.31. The van der Waals surface area contributed by atoms with Gasteiger partial charge in [-0.2, -0.15) is 0 Å². The molecule has 0 spiro atoms. The second-order valence-electron chi connectivity index (χ2n) is 7.17. The summed E-state index contributed by atoms with van der Waals surface area (Å²) in [7, 11) is 2.25. The predicted octanol–water partition coefficient (Wildman–Crippen LogP) is 3.97. The molecule has 0 N–H and O–H groups in total. The van der Waals surface area contributed by atoms with Crippen LogP contribution in [0.2, 0.25) is 0 Å². The fourth-order valence-corrected chi connectivity index (χ4v) is 2.64. The van der Waals surface area contributed by atoms with Crippen molar-refractivity contribution in [1.29, 1.82) is 0 Å². The minimum atomic E-state index is 0.497. The van der Waals surface area contributed by atoms with Crippen molar-refractivity contribution < 1.29 is 0 Å². The van der Waals surface area contributed by atoms with Crippen molar-refractivity contribution in [3.63, 3.8) is 0 Å². The van der Waals surface area contributed by atoms with E-state index in [2.05, 4.69) is 70.2 Å². The van der Waals surface area contributed by atoms with Crippen molar-refractivity contribution in [3.05, 3.63) is 0 Å². The maximum absolute atomic E-state index is 3.29. The van der Waals surface area contributed by atoms with E-state index >= 15 is 0 Å². The molecule has 0 aromatic carbocycles. The molecule has 0 aromatic rings. The molecule has 2 heteroatoms. The molecule has 1 atom stereocenters. The topological polar surface area (TPSA) is 6.48 Å². The van der Waals surface area contributed by atoms with Crippen LogP contribution >= 0.6 is 0 Å². The number of hydrogen-bond donors (Lipinski definition) is 0. The number of nitrogens with zero attached hydrogens (tertiary/aromatic N) is 2. The second kappa shape index (κ2) is 12.1. The first-order valence-electron chi connectivity index (χ1n) is 8.74. The highest BCUT2D eigenvalue weighted by atomic mass is 15.1. The molecule has 21 heavy (non-hydrogen) atoms. The van der Waals surface area contributed by atoms with Crippen LogP contribution < -0.4 is 0 Å². The Balaban J connectivity index is 3.91. The standard InChI is InChI=1S/C19H38N2/c1-8-21(13-10-9-11-17(2)3)14-12-19(6)16-20(7)15-18(4)5/h17-19H,8,10,12-16H2,1-7H3. The zero-order chi connectivity index (χ0) is 16.3. The monoisotopic (exact) mass is 294 g/mol. The number of hydrogen-bond acceptors (Lipinski definition) is 2. The molecule has 0 amide bonds. The Hall–Kier alpha value is -0.520. The Kier molecular flexibility index (Phi) is 11.8. The Bertz CT molecular complexity index is 298. The predicted molar refractivity (Wildman–Crippen MR) is 95.5 cm³/mol. The average Bonchev–Trinajstić information content (AvgIpc) is 2.36. The molecular formula is C19H38N2. The minimum Gasteiger partial charge on any atom is -0.306 e. The van der Waals surface area contributed by atoms with Gasteiger partial charge in [-0.1, -0.05) is 41.5 Å². The van der Waals surface area contributed by atoms with E-state index in [4.69, 9.17) is 0 Å². The van der Waals surface area contributed by atoms with E-state index in [1.165, 1.54) is 26.1 Å². The highest BCUT2D eigenvalue weighted by molar-refractivity contribution is 5.01. The smallest absolute Gasteiger partial charge is 0.0217 e. The zero-order valence-electron chi connectivity index (χ0n) is 15.6. The summed E-state index contributed by atoms with van der Waals surface area (Å²) in [5.41, 5.74) is 0. The summed E-state index contributed by atoms with van der Waals surface area (Å²) in [5, 5.41) is 0. The van der Waals surface area contributed by atoms with Crippen LogP contribution in [-0.2, 0) is 0 Å². The van der Waals surface area contributed by atoms with Crippen LogP contribution in [0.25, 0.3) is 0 Å². The normalized spacial score (nSPS) is 13.1. The Labute approximate surface area is 134 Å². The second-order valence-corrected chi connectivity index (χ2v) is 7.17. The molecule has 2 nitrogen and oxygen atoms in total. The van der Waals surface area contributed by atoms with Crippen LogP contribution in [0.4, 0.5) is 0 Å². The van der Waals surface area contributed by atoms with E-state index < -0.39 is 0 Å². The molecule has 124 valence electrons. The number of rotatable bonds is 10. The third kappa shape index (κ3) is 12.9. The first-order valence-corrected chi connectivity index (χ1v) is 8.74. The van der Waals surface area contributed by atoms with Crippen molar-refractivity contribution in [1.82, 2.24) is 9.80 Å². The van der Waals surface area contributed by atoms with Gasteiger partial charge in [-0.05, 0) is 38.4 Å². The SMILES string of the molecule is CCN(CCC#CC(C)C)CCC(C)CN(C)CC(C)C. The first-order chi connectivity index (χ1) is 9.85. The van der Waals surface area contributed by atoms with Gasteiger partial charge in [-0.15, -0.1) is 11.8 Å². The molecule has 0 aliphatic heterocycles. The molecule has 0 saturated carbocycles. The highest BCUT2D eigenvalue weighted by Gasteiger charge is 2.10. The van der Waals surface area contributed by atoms with Crippen molar-refractivity contribution >= 4 is 0 Å². The van der Waals surface area contributed by atoms with Crippen molar-refractivity contribution in [2.24, 2.45) is 17.8 Å². The van der Waals surface area contributed by atoms with Crippen molar-refractivity contribution in [2.45, 2.75) is 54.4 Å². The van der Waals surface area contributed by atoms with Crippen LogP contribution in [-0.4, -0.2) is 49.6 Å². The van der Waals surface area contributed by atoms with Gasteiger partial charge in [0.1, 0.15) is 0 Å². The van der Waals surface area contributed by atoms with Crippen LogP contribution in [0.1, 0.15) is 54.4 Å². The fraction of sp³-hybridized carbons (Fsp3) is 0.895. The Morgan fingerprint density at radius 2 is 1.62 bits per heavy atom. The third-order valence-corrected chi connectivity index (χ3v) is 3.63. The van der Waals surface area contributed by atoms with Crippen LogP contribution in [0.5, 0.6) is 0 Å². The fourth-order valence-electron chi connectivity index (χ4n) is 2.64. The van der Waals surface area contributed by atoms with Crippen molar-refractivity contribution in [3.8, 4) is 11.8 Å². The van der Waals surface area contributed by atoms with Gasteiger partial charge in [0.15, 0.2) is 0 Å². The summed E-state index contributed by atoms with van der Waals surface area (Å²) >= 11 is 0. The lowest BCUT2D eigenvalue weighted by molar-refractivity contribution is 0.223. The molecular weight excluding hydrogens is 256 g/mol. The molecule has 0 saturated heterocycles. The molecule has 0 aliphatic rings. The summed E-state index contributed by atoms with van der Waals surface area (Å²) in [6.07, 6.45) is 2.29. The summed E-state index contributed by atoms with van der Waals surface area (Å²) in [6, 6.07) is 0. The molecule has 0 rings (SSSR count). The summed E-state index contributed by atoms with van der Waals surface area (Å²) in [6.45, 7) is 19.4. The van der Waals surface area contributed by atoms with E-state index in [9.17, 15) is 0 Å². The van der Waals surface area contributed by atoms with E-state index in [0.29, 0.717) is 5.92 Å². The van der Waals surface area contributed by atoms with Crippen LogP contribution in [0.3, 0.4) is 0 Å². The minimum absolute atomic E-state index is 0.497. The van der Waals surface area contributed by atoms with E-state index in [0.717, 1.165) is 31.3 Å². The zero-order valence-corrected chi connectivity index (χ0v) is 15.6. The maximum Gasteiger partial charge on any atom is 0.0217 e. The lowest BCUT2D eigenvalue weighted by atomic mass is 10.1. The molecule has 0 aliphatic carbocycles. The molecule has 0 radical (unpaired) electrons. The summed E-state index contributed by atoms with van der Waals surface area (Å²) in [4.78, 5) is 5.01. The Morgan fingerprint density at radius 3 is 2.14 bits per heavy atom. The van der Waals surface area contributed by atoms with E-state index in [-0.39, 0.29) is 0 Å². The quantitative estimate of drug-likeness (QED) is 0.563.